The fourth-order valence-electron chi connectivity index (χ4n) is 1.44. The Bertz CT molecular complexity index is 447. The van der Waals surface area contributed by atoms with Gasteiger partial charge in [-0.15, -0.1) is 0 Å². The van der Waals surface area contributed by atoms with Crippen LogP contribution in [0.3, 0.4) is 0 Å². The fraction of sp³-hybridized carbons (Fsp3) is 0.312. The zero-order valence-corrected chi connectivity index (χ0v) is 11.5. The summed E-state index contributed by atoms with van der Waals surface area (Å²) in [5, 5.41) is 0. The molecule has 3 heteroatoms. The number of ether oxygens (including phenoxy) is 2. The van der Waals surface area contributed by atoms with Crippen molar-refractivity contribution in [3.05, 3.63) is 48.8 Å². The molecule has 0 atom stereocenters. The third-order valence-corrected chi connectivity index (χ3v) is 2.35. The lowest BCUT2D eigenvalue weighted by atomic mass is 10.2. The van der Waals surface area contributed by atoms with Crippen molar-refractivity contribution in [3.8, 4) is 11.5 Å². The Kier molecular flexibility index (Phi) is 7.10. The SMILES string of the molecule is CCCC/C=C/C=C/Oc1ccccc1OC(C)=O. The van der Waals surface area contributed by atoms with Crippen molar-refractivity contribution in [1.29, 1.82) is 0 Å². The van der Waals surface area contributed by atoms with Crippen LogP contribution in [0.4, 0.5) is 0 Å². The summed E-state index contributed by atoms with van der Waals surface area (Å²) in [7, 11) is 0. The van der Waals surface area contributed by atoms with Crippen LogP contribution in [-0.2, 0) is 4.79 Å². The highest BCUT2D eigenvalue weighted by Crippen LogP contribution is 2.26. The first-order valence-corrected chi connectivity index (χ1v) is 6.49. The molecule has 0 bridgehead atoms. The number of carbonyl (C=O) groups is 1. The highest BCUT2D eigenvalue weighted by Gasteiger charge is 2.04. The lowest BCUT2D eigenvalue weighted by molar-refractivity contribution is -0.131. The summed E-state index contributed by atoms with van der Waals surface area (Å²) in [4.78, 5) is 10.9. The molecule has 0 aromatic heterocycles. The average molecular weight is 260 g/mol. The lowest BCUT2D eigenvalue weighted by Crippen LogP contribution is -2.02. The highest BCUT2D eigenvalue weighted by molar-refractivity contribution is 5.70. The van der Waals surface area contributed by atoms with E-state index >= 15 is 0 Å². The molecule has 0 saturated heterocycles. The smallest absolute Gasteiger partial charge is 0.308 e. The van der Waals surface area contributed by atoms with Crippen molar-refractivity contribution in [1.82, 2.24) is 0 Å². The van der Waals surface area contributed by atoms with E-state index < -0.39 is 0 Å². The zero-order chi connectivity index (χ0) is 13.9. The number of hydrogen-bond donors (Lipinski definition) is 0. The van der Waals surface area contributed by atoms with Gasteiger partial charge in [0.1, 0.15) is 0 Å². The summed E-state index contributed by atoms with van der Waals surface area (Å²) >= 11 is 0. The molecule has 0 N–H and O–H groups in total. The molecule has 0 fully saturated rings. The number of para-hydroxylation sites is 2. The van der Waals surface area contributed by atoms with Gasteiger partial charge in [0.2, 0.25) is 0 Å². The molecule has 0 spiro atoms. The fourth-order valence-corrected chi connectivity index (χ4v) is 1.44. The van der Waals surface area contributed by atoms with E-state index in [0.29, 0.717) is 11.5 Å². The number of esters is 1. The van der Waals surface area contributed by atoms with Crippen molar-refractivity contribution in [3.63, 3.8) is 0 Å². The first kappa shape index (κ1) is 15.0. The molecule has 0 amide bonds. The van der Waals surface area contributed by atoms with Crippen LogP contribution in [0.1, 0.15) is 33.1 Å². The van der Waals surface area contributed by atoms with E-state index in [1.165, 1.54) is 19.8 Å². The van der Waals surface area contributed by atoms with Gasteiger partial charge in [0.15, 0.2) is 11.5 Å². The molecule has 102 valence electrons. The summed E-state index contributed by atoms with van der Waals surface area (Å²) < 4.78 is 10.5. The molecule has 0 aliphatic heterocycles. The maximum absolute atomic E-state index is 10.9. The van der Waals surface area contributed by atoms with Gasteiger partial charge in [-0.05, 0) is 24.6 Å². The third-order valence-electron chi connectivity index (χ3n) is 2.35. The monoisotopic (exact) mass is 260 g/mol. The summed E-state index contributed by atoms with van der Waals surface area (Å²) in [5.41, 5.74) is 0. The first-order valence-electron chi connectivity index (χ1n) is 6.49. The Hall–Kier alpha value is -2.03. The Morgan fingerprint density at radius 1 is 1.21 bits per heavy atom. The average Bonchev–Trinajstić information content (AvgIpc) is 2.39. The number of carbonyl (C=O) groups excluding carboxylic acids is 1. The van der Waals surface area contributed by atoms with Crippen molar-refractivity contribution >= 4 is 5.97 Å². The second kappa shape index (κ2) is 8.97. The molecule has 0 aliphatic carbocycles. The third kappa shape index (κ3) is 6.46. The minimum absolute atomic E-state index is 0.362. The van der Waals surface area contributed by atoms with Crippen LogP contribution in [0.15, 0.2) is 48.8 Å². The molecule has 0 saturated carbocycles. The van der Waals surface area contributed by atoms with E-state index in [-0.39, 0.29) is 5.97 Å². The van der Waals surface area contributed by atoms with Crippen LogP contribution >= 0.6 is 0 Å². The van der Waals surface area contributed by atoms with E-state index in [1.54, 1.807) is 24.5 Å². The van der Waals surface area contributed by atoms with Gasteiger partial charge in [-0.1, -0.05) is 44.1 Å². The summed E-state index contributed by atoms with van der Waals surface area (Å²) in [6, 6.07) is 7.07. The van der Waals surface area contributed by atoms with Gasteiger partial charge >= 0.3 is 5.97 Å². The maximum atomic E-state index is 10.9. The van der Waals surface area contributed by atoms with Gasteiger partial charge in [-0.25, -0.2) is 0 Å². The number of benzene rings is 1. The molecule has 0 aliphatic rings. The molecule has 0 unspecified atom stereocenters. The normalized spacial score (nSPS) is 11.1. The predicted molar refractivity (Wildman–Crippen MR) is 76.2 cm³/mol. The molecule has 19 heavy (non-hydrogen) atoms. The minimum atomic E-state index is -0.362. The second-order valence-electron chi connectivity index (χ2n) is 4.06. The number of unbranched alkanes of at least 4 members (excludes halogenated alkanes) is 2. The Balaban J connectivity index is 2.50. The van der Waals surface area contributed by atoms with Crippen molar-refractivity contribution in [2.45, 2.75) is 33.1 Å². The van der Waals surface area contributed by atoms with Crippen LogP contribution in [-0.4, -0.2) is 5.97 Å². The van der Waals surface area contributed by atoms with Gasteiger partial charge < -0.3 is 9.47 Å². The molecule has 1 aromatic rings. The summed E-state index contributed by atoms with van der Waals surface area (Å²) in [6.07, 6.45) is 10.9. The molecule has 0 radical (unpaired) electrons. The zero-order valence-electron chi connectivity index (χ0n) is 11.5. The van der Waals surface area contributed by atoms with Crippen LogP contribution in [0.2, 0.25) is 0 Å². The van der Waals surface area contributed by atoms with Gasteiger partial charge in [0.05, 0.1) is 6.26 Å². The first-order chi connectivity index (χ1) is 9.24. The van der Waals surface area contributed by atoms with Gasteiger partial charge in [0, 0.05) is 6.92 Å². The van der Waals surface area contributed by atoms with Crippen LogP contribution in [0.5, 0.6) is 11.5 Å². The van der Waals surface area contributed by atoms with E-state index in [9.17, 15) is 4.79 Å². The van der Waals surface area contributed by atoms with Crippen LogP contribution < -0.4 is 9.47 Å². The predicted octanol–water partition coefficient (Wildman–Crippen LogP) is 4.25. The van der Waals surface area contributed by atoms with Crippen LogP contribution in [0.25, 0.3) is 0 Å². The number of hydrogen-bond acceptors (Lipinski definition) is 3. The van der Waals surface area contributed by atoms with E-state index in [1.807, 2.05) is 18.2 Å². The molecular formula is C16H20O3. The standard InChI is InChI=1S/C16H20O3/c1-3-4-5-6-7-10-13-18-15-11-8-9-12-16(15)19-14(2)17/h6-13H,3-5H2,1-2H3/b7-6+,13-10+. The molecule has 3 nitrogen and oxygen atoms in total. The van der Waals surface area contributed by atoms with Crippen molar-refractivity contribution in [2.24, 2.45) is 0 Å². The highest BCUT2D eigenvalue weighted by atomic mass is 16.6. The number of allylic oxidation sites excluding steroid dienone is 3. The second-order valence-corrected chi connectivity index (χ2v) is 4.06. The van der Waals surface area contributed by atoms with Gasteiger partial charge in [-0.2, -0.15) is 0 Å². The molecule has 1 rings (SSSR count). The van der Waals surface area contributed by atoms with E-state index in [4.69, 9.17) is 9.47 Å². The van der Waals surface area contributed by atoms with Crippen LogP contribution in [0, 0.1) is 0 Å². The van der Waals surface area contributed by atoms with Crippen molar-refractivity contribution in [2.75, 3.05) is 0 Å². The van der Waals surface area contributed by atoms with Crippen molar-refractivity contribution < 1.29 is 14.3 Å². The Labute approximate surface area is 114 Å². The van der Waals surface area contributed by atoms with E-state index in [0.717, 1.165) is 6.42 Å². The van der Waals surface area contributed by atoms with Gasteiger partial charge in [0.25, 0.3) is 0 Å². The molecule has 1 aromatic carbocycles. The maximum Gasteiger partial charge on any atom is 0.308 e. The Morgan fingerprint density at radius 2 is 1.95 bits per heavy atom. The quantitative estimate of drug-likeness (QED) is 0.242. The summed E-state index contributed by atoms with van der Waals surface area (Å²) in [6.45, 7) is 3.53. The number of rotatable bonds is 7. The largest absolute Gasteiger partial charge is 0.461 e. The van der Waals surface area contributed by atoms with E-state index in [2.05, 4.69) is 13.0 Å². The van der Waals surface area contributed by atoms with Gasteiger partial charge in [-0.3, -0.25) is 4.79 Å². The molecular weight excluding hydrogens is 240 g/mol. The molecule has 0 heterocycles. The summed E-state index contributed by atoms with van der Waals surface area (Å²) in [5.74, 6) is 0.588. The minimum Gasteiger partial charge on any atom is -0.461 e. The topological polar surface area (TPSA) is 35.5 Å². The lowest BCUT2D eigenvalue weighted by Gasteiger charge is -2.06. The Morgan fingerprint density at radius 3 is 2.63 bits per heavy atom.